The van der Waals surface area contributed by atoms with Crippen molar-refractivity contribution in [3.05, 3.63) is 58.3 Å². The Morgan fingerprint density at radius 2 is 1.61 bits per heavy atom. The summed E-state index contributed by atoms with van der Waals surface area (Å²) >= 11 is 0. The molecule has 0 atom stereocenters. The molecule has 2 aliphatic rings. The van der Waals surface area contributed by atoms with Crippen LogP contribution < -0.4 is 15.0 Å². The third-order valence-corrected chi connectivity index (χ3v) is 7.75. The molecule has 3 aromatic heterocycles. The Morgan fingerprint density at radius 1 is 0.913 bits per heavy atom. The normalized spacial score (nSPS) is 15.9. The van der Waals surface area contributed by atoms with E-state index in [-0.39, 0.29) is 30.1 Å². The van der Waals surface area contributed by atoms with Gasteiger partial charge >= 0.3 is 12.1 Å². The fourth-order valence-electron chi connectivity index (χ4n) is 5.69. The van der Waals surface area contributed by atoms with Crippen LogP contribution in [0.5, 0.6) is 11.5 Å². The number of piperidine rings is 1. The third-order valence-electron chi connectivity index (χ3n) is 7.75. The number of pyridine rings is 3. The Balaban J connectivity index is 1.25. The number of carbonyl (C=O) groups is 2. The maximum atomic E-state index is 13.4. The van der Waals surface area contributed by atoms with E-state index in [9.17, 15) is 14.4 Å². The predicted molar refractivity (Wildman–Crippen MR) is 172 cm³/mol. The van der Waals surface area contributed by atoms with Crippen molar-refractivity contribution in [1.82, 2.24) is 24.3 Å². The smallest absolute Gasteiger partial charge is 0.410 e. The molecule has 0 bridgehead atoms. The Bertz CT molecular complexity index is 1620. The zero-order valence-electron chi connectivity index (χ0n) is 27.7. The zero-order valence-corrected chi connectivity index (χ0v) is 27.7. The van der Waals surface area contributed by atoms with Crippen molar-refractivity contribution < 1.29 is 28.5 Å². The van der Waals surface area contributed by atoms with Gasteiger partial charge in [0, 0.05) is 50.6 Å². The van der Waals surface area contributed by atoms with Crippen molar-refractivity contribution >= 4 is 23.1 Å². The van der Waals surface area contributed by atoms with Crippen molar-refractivity contribution in [2.24, 2.45) is 0 Å². The van der Waals surface area contributed by atoms with Gasteiger partial charge < -0.3 is 28.4 Å². The van der Waals surface area contributed by atoms with Gasteiger partial charge in [0.25, 0.3) is 5.56 Å². The Hall–Kier alpha value is -4.19. The largest absolute Gasteiger partial charge is 0.486 e. The van der Waals surface area contributed by atoms with E-state index in [1.807, 2.05) is 53.7 Å². The highest BCUT2D eigenvalue weighted by Crippen LogP contribution is 2.30. The molecule has 248 valence electrons. The summed E-state index contributed by atoms with van der Waals surface area (Å²) < 4.78 is 24.3. The minimum atomic E-state index is -0.635. The quantitative estimate of drug-likeness (QED) is 0.330. The van der Waals surface area contributed by atoms with Crippen molar-refractivity contribution in [1.29, 1.82) is 0 Å². The SMILES string of the molecule is CC(C)(C)OC(=O)Cc1cnc2ccc(=O)n(CCN3CCC(N(Cc4cc5c(cn4)OCCO5)C(=O)OC(C)(C)C)CC3)c2c1. The van der Waals surface area contributed by atoms with Crippen LogP contribution in [0.25, 0.3) is 11.0 Å². The molecule has 0 spiro atoms. The van der Waals surface area contributed by atoms with Crippen LogP contribution in [0.4, 0.5) is 4.79 Å². The second kappa shape index (κ2) is 13.7. The van der Waals surface area contributed by atoms with Gasteiger partial charge in [-0.25, -0.2) is 4.79 Å². The van der Waals surface area contributed by atoms with Crippen LogP contribution in [0.2, 0.25) is 0 Å². The Labute approximate surface area is 269 Å². The molecular formula is C34H45N5O7. The number of hydrogen-bond acceptors (Lipinski definition) is 10. The number of likely N-dealkylation sites (tertiary alicyclic amines) is 1. The van der Waals surface area contributed by atoms with Crippen molar-refractivity contribution in [3.63, 3.8) is 0 Å². The van der Waals surface area contributed by atoms with Crippen molar-refractivity contribution in [2.75, 3.05) is 32.8 Å². The van der Waals surface area contributed by atoms with E-state index in [1.165, 1.54) is 6.07 Å². The standard InChI is InChI=1S/C34H45N5O7/c1-33(2,3)45-31(41)18-23-17-27-26(36-20-23)7-8-30(40)38(27)14-13-37-11-9-25(10-12-37)39(32(42)46-34(4,5)6)22-24-19-28-29(21-35-24)44-16-15-43-28/h7-8,17,19-21,25H,9-16,18,22H2,1-6H3. The lowest BCUT2D eigenvalue weighted by molar-refractivity contribution is -0.153. The Morgan fingerprint density at radius 3 is 2.30 bits per heavy atom. The lowest BCUT2D eigenvalue weighted by atomic mass is 10.0. The van der Waals surface area contributed by atoms with E-state index >= 15 is 0 Å². The Kier molecular flexibility index (Phi) is 9.85. The molecule has 46 heavy (non-hydrogen) atoms. The molecule has 2 aliphatic heterocycles. The molecule has 0 aromatic carbocycles. The molecule has 0 saturated carbocycles. The fourth-order valence-corrected chi connectivity index (χ4v) is 5.69. The van der Waals surface area contributed by atoms with Gasteiger partial charge in [0.15, 0.2) is 11.5 Å². The molecule has 5 rings (SSSR count). The van der Waals surface area contributed by atoms with Crippen LogP contribution in [-0.2, 0) is 33.8 Å². The molecule has 5 heterocycles. The van der Waals surface area contributed by atoms with E-state index in [2.05, 4.69) is 14.9 Å². The van der Waals surface area contributed by atoms with E-state index in [0.29, 0.717) is 66.6 Å². The maximum absolute atomic E-state index is 13.4. The van der Waals surface area contributed by atoms with Crippen LogP contribution in [0.15, 0.2) is 41.5 Å². The van der Waals surface area contributed by atoms with Crippen LogP contribution >= 0.6 is 0 Å². The van der Waals surface area contributed by atoms with Gasteiger partial charge in [0.05, 0.1) is 35.9 Å². The lowest BCUT2D eigenvalue weighted by Crippen LogP contribution is -2.49. The van der Waals surface area contributed by atoms with E-state index in [4.69, 9.17) is 18.9 Å². The molecule has 0 N–H and O–H groups in total. The summed E-state index contributed by atoms with van der Waals surface area (Å²) in [4.78, 5) is 51.9. The number of aromatic nitrogens is 3. The van der Waals surface area contributed by atoms with Crippen molar-refractivity contribution in [2.45, 2.75) is 91.1 Å². The van der Waals surface area contributed by atoms with Gasteiger partial charge in [0.1, 0.15) is 24.4 Å². The van der Waals surface area contributed by atoms with Gasteiger partial charge in [-0.1, -0.05) is 0 Å². The highest BCUT2D eigenvalue weighted by atomic mass is 16.6. The summed E-state index contributed by atoms with van der Waals surface area (Å²) in [5.41, 5.74) is 1.43. The second-order valence-corrected chi connectivity index (χ2v) is 13.8. The molecule has 12 heteroatoms. The zero-order chi connectivity index (χ0) is 33.1. The molecule has 3 aromatic rings. The van der Waals surface area contributed by atoms with E-state index in [0.717, 1.165) is 25.9 Å². The highest BCUT2D eigenvalue weighted by molar-refractivity contribution is 5.78. The third kappa shape index (κ3) is 8.74. The molecule has 1 amide bonds. The first kappa shape index (κ1) is 33.2. The summed E-state index contributed by atoms with van der Waals surface area (Å²) in [5.74, 6) is 0.894. The molecule has 1 fully saturated rings. The molecular weight excluding hydrogens is 590 g/mol. The van der Waals surface area contributed by atoms with Crippen LogP contribution in [0.3, 0.4) is 0 Å². The summed E-state index contributed by atoms with van der Waals surface area (Å²) in [5, 5.41) is 0. The number of carbonyl (C=O) groups excluding carboxylic acids is 2. The van der Waals surface area contributed by atoms with Gasteiger partial charge in [-0.15, -0.1) is 0 Å². The number of esters is 1. The number of amides is 1. The number of rotatable bonds is 8. The lowest BCUT2D eigenvalue weighted by Gasteiger charge is -2.39. The number of fused-ring (bicyclic) bond motifs is 2. The average molecular weight is 636 g/mol. The predicted octanol–water partition coefficient (Wildman–Crippen LogP) is 4.35. The average Bonchev–Trinajstić information content (AvgIpc) is 2.98. The van der Waals surface area contributed by atoms with Crippen LogP contribution in [0.1, 0.15) is 65.6 Å². The molecule has 12 nitrogen and oxygen atoms in total. The van der Waals surface area contributed by atoms with Crippen LogP contribution in [-0.4, -0.2) is 86.5 Å². The van der Waals surface area contributed by atoms with E-state index < -0.39 is 11.2 Å². The first-order chi connectivity index (χ1) is 21.7. The van der Waals surface area contributed by atoms with E-state index in [1.54, 1.807) is 27.9 Å². The highest BCUT2D eigenvalue weighted by Gasteiger charge is 2.32. The number of hydrogen-bond donors (Lipinski definition) is 0. The minimum absolute atomic E-state index is 0.0407. The second-order valence-electron chi connectivity index (χ2n) is 13.8. The first-order valence-corrected chi connectivity index (χ1v) is 15.9. The fraction of sp³-hybridized carbons (Fsp3) is 0.559. The maximum Gasteiger partial charge on any atom is 0.410 e. The first-order valence-electron chi connectivity index (χ1n) is 15.9. The minimum Gasteiger partial charge on any atom is -0.486 e. The number of ether oxygens (including phenoxy) is 4. The van der Waals surface area contributed by atoms with Gasteiger partial charge in [-0.3, -0.25) is 24.5 Å². The summed E-state index contributed by atoms with van der Waals surface area (Å²) in [6.45, 7) is 14.9. The molecule has 0 aliphatic carbocycles. The summed E-state index contributed by atoms with van der Waals surface area (Å²) in [6.07, 6.45) is 4.49. The molecule has 1 saturated heterocycles. The van der Waals surface area contributed by atoms with Crippen molar-refractivity contribution in [3.8, 4) is 11.5 Å². The van der Waals surface area contributed by atoms with Gasteiger partial charge in [0.2, 0.25) is 0 Å². The van der Waals surface area contributed by atoms with Gasteiger partial charge in [-0.2, -0.15) is 0 Å². The van der Waals surface area contributed by atoms with Crippen LogP contribution in [0, 0.1) is 0 Å². The number of nitrogens with zero attached hydrogens (tertiary/aromatic N) is 5. The monoisotopic (exact) mass is 635 g/mol. The topological polar surface area (TPSA) is 125 Å². The molecule has 0 radical (unpaired) electrons. The van der Waals surface area contributed by atoms with Gasteiger partial charge in [-0.05, 0) is 72.1 Å². The summed E-state index contributed by atoms with van der Waals surface area (Å²) in [6, 6.07) is 6.88. The molecule has 0 unspecified atom stereocenters. The summed E-state index contributed by atoms with van der Waals surface area (Å²) in [7, 11) is 0.